The number of benzene rings is 2. The first-order chi connectivity index (χ1) is 17.5. The van der Waals surface area contributed by atoms with E-state index >= 15 is 0 Å². The number of rotatable bonds is 6. The van der Waals surface area contributed by atoms with E-state index < -0.39 is 23.7 Å². The van der Waals surface area contributed by atoms with Gasteiger partial charge < -0.3 is 19.3 Å². The molecule has 0 bridgehead atoms. The van der Waals surface area contributed by atoms with Gasteiger partial charge in [-0.2, -0.15) is 0 Å². The number of carbonyl (C=O) groups is 3. The summed E-state index contributed by atoms with van der Waals surface area (Å²) >= 11 is 0. The minimum absolute atomic E-state index is 0.0208. The van der Waals surface area contributed by atoms with Crippen molar-refractivity contribution in [2.45, 2.75) is 12.6 Å². The highest BCUT2D eigenvalue weighted by atomic mass is 16.5. The maximum Gasteiger partial charge on any atom is 0.337 e. The van der Waals surface area contributed by atoms with Gasteiger partial charge in [0.1, 0.15) is 5.76 Å². The Hall–Kier alpha value is -4.79. The van der Waals surface area contributed by atoms with Crippen LogP contribution >= 0.6 is 0 Å². The van der Waals surface area contributed by atoms with E-state index in [1.807, 2.05) is 28.8 Å². The third-order valence-corrected chi connectivity index (χ3v) is 6.25. The van der Waals surface area contributed by atoms with E-state index in [2.05, 4.69) is 9.97 Å². The number of likely N-dealkylation sites (tertiary alicyclic amines) is 1. The van der Waals surface area contributed by atoms with Crippen LogP contribution in [0.15, 0.2) is 85.0 Å². The van der Waals surface area contributed by atoms with Crippen LogP contribution in [0.1, 0.15) is 27.5 Å². The molecule has 5 rings (SSSR count). The summed E-state index contributed by atoms with van der Waals surface area (Å²) in [5, 5.41) is 11.1. The molecule has 1 aliphatic rings. The van der Waals surface area contributed by atoms with Gasteiger partial charge in [-0.05, 0) is 42.0 Å². The van der Waals surface area contributed by atoms with Crippen LogP contribution in [-0.4, -0.2) is 55.9 Å². The van der Waals surface area contributed by atoms with Gasteiger partial charge in [-0.3, -0.25) is 14.6 Å². The number of imidazole rings is 1. The molecule has 0 aliphatic carbocycles. The number of nitrogens with zero attached hydrogens (tertiary/aromatic N) is 4. The molecule has 1 unspecified atom stereocenters. The highest BCUT2D eigenvalue weighted by Gasteiger charge is 2.46. The number of aliphatic hydroxyl groups is 1. The number of Topliss-reactive ketones (excluding diaryl/α,β-unsaturated/α-hetero) is 1. The summed E-state index contributed by atoms with van der Waals surface area (Å²) in [4.78, 5) is 48.1. The maximum atomic E-state index is 13.2. The Morgan fingerprint density at radius 2 is 1.69 bits per heavy atom. The second kappa shape index (κ2) is 9.46. The van der Waals surface area contributed by atoms with E-state index in [1.165, 1.54) is 24.4 Å². The minimum Gasteiger partial charge on any atom is -0.507 e. The first-order valence-electron chi connectivity index (χ1n) is 11.3. The summed E-state index contributed by atoms with van der Waals surface area (Å²) in [5.41, 5.74) is 2.99. The Morgan fingerprint density at radius 1 is 0.972 bits per heavy atom. The molecule has 0 radical (unpaired) electrons. The third-order valence-electron chi connectivity index (χ3n) is 6.25. The normalized spacial score (nSPS) is 17.0. The zero-order valence-corrected chi connectivity index (χ0v) is 19.4. The number of para-hydroxylation sites is 2. The van der Waals surface area contributed by atoms with Crippen molar-refractivity contribution in [1.82, 2.24) is 19.4 Å². The molecule has 1 fully saturated rings. The molecule has 4 aromatic rings. The Balaban J connectivity index is 1.56. The van der Waals surface area contributed by atoms with Gasteiger partial charge in [-0.15, -0.1) is 0 Å². The highest BCUT2D eigenvalue weighted by molar-refractivity contribution is 6.46. The minimum atomic E-state index is -0.848. The monoisotopic (exact) mass is 482 g/mol. The Bertz CT molecular complexity index is 1490. The molecule has 36 heavy (non-hydrogen) atoms. The molecule has 3 heterocycles. The number of esters is 1. The molecule has 180 valence electrons. The topological polar surface area (TPSA) is 115 Å². The fourth-order valence-electron chi connectivity index (χ4n) is 4.45. The quantitative estimate of drug-likeness (QED) is 0.194. The van der Waals surface area contributed by atoms with Crippen LogP contribution in [0.4, 0.5) is 0 Å². The number of carbonyl (C=O) groups excluding carboxylic acids is 3. The zero-order chi connectivity index (χ0) is 25.2. The van der Waals surface area contributed by atoms with E-state index in [-0.39, 0.29) is 17.9 Å². The number of amides is 1. The Kier molecular flexibility index (Phi) is 6.03. The predicted molar refractivity (Wildman–Crippen MR) is 131 cm³/mol. The molecular formula is C27H22N4O5. The number of hydrogen-bond acceptors (Lipinski definition) is 7. The number of fused-ring (bicyclic) bond motifs is 1. The van der Waals surface area contributed by atoms with Crippen LogP contribution in [0.25, 0.3) is 16.8 Å². The summed E-state index contributed by atoms with van der Waals surface area (Å²) in [6.07, 6.45) is 4.68. The molecule has 1 N–H and O–H groups in total. The molecular weight excluding hydrogens is 460 g/mol. The number of methoxy groups -OCH3 is 1. The lowest BCUT2D eigenvalue weighted by atomic mass is 9.95. The van der Waals surface area contributed by atoms with Crippen LogP contribution in [0.2, 0.25) is 0 Å². The van der Waals surface area contributed by atoms with Crippen molar-refractivity contribution >= 4 is 34.5 Å². The molecule has 0 saturated carbocycles. The molecule has 0 spiro atoms. The van der Waals surface area contributed by atoms with Gasteiger partial charge in [0, 0.05) is 31.0 Å². The predicted octanol–water partition coefficient (Wildman–Crippen LogP) is 3.34. The van der Waals surface area contributed by atoms with Crippen molar-refractivity contribution in [2.24, 2.45) is 0 Å². The number of aliphatic hydroxyl groups excluding tert-OH is 1. The van der Waals surface area contributed by atoms with Gasteiger partial charge in [0.05, 0.1) is 41.6 Å². The van der Waals surface area contributed by atoms with E-state index in [4.69, 9.17) is 4.74 Å². The molecule has 2 aromatic heterocycles. The van der Waals surface area contributed by atoms with Gasteiger partial charge in [0.25, 0.3) is 11.7 Å². The first kappa shape index (κ1) is 23.0. The average molecular weight is 482 g/mol. The van der Waals surface area contributed by atoms with Gasteiger partial charge in [0.15, 0.2) is 0 Å². The van der Waals surface area contributed by atoms with Crippen LogP contribution < -0.4 is 0 Å². The maximum absolute atomic E-state index is 13.2. The van der Waals surface area contributed by atoms with Gasteiger partial charge >= 0.3 is 5.97 Å². The fraction of sp³-hybridized carbons (Fsp3) is 0.148. The summed E-state index contributed by atoms with van der Waals surface area (Å²) in [6.45, 7) is 0.584. The molecule has 1 aliphatic heterocycles. The van der Waals surface area contributed by atoms with Crippen molar-refractivity contribution < 1.29 is 24.2 Å². The number of pyridine rings is 1. The summed E-state index contributed by atoms with van der Waals surface area (Å²) in [7, 11) is 1.29. The van der Waals surface area contributed by atoms with Crippen LogP contribution in [-0.2, 0) is 20.9 Å². The zero-order valence-electron chi connectivity index (χ0n) is 19.4. The van der Waals surface area contributed by atoms with E-state index in [0.29, 0.717) is 23.2 Å². The van der Waals surface area contributed by atoms with E-state index in [1.54, 1.807) is 42.7 Å². The lowest BCUT2D eigenvalue weighted by Gasteiger charge is -2.25. The first-order valence-corrected chi connectivity index (χ1v) is 11.3. The molecule has 1 saturated heterocycles. The number of ketones is 1. The van der Waals surface area contributed by atoms with Crippen molar-refractivity contribution in [2.75, 3.05) is 13.7 Å². The molecule has 9 heteroatoms. The van der Waals surface area contributed by atoms with Crippen molar-refractivity contribution in [3.8, 4) is 0 Å². The Labute approximate surface area is 206 Å². The molecule has 1 atom stereocenters. The summed E-state index contributed by atoms with van der Waals surface area (Å²) in [6, 6.07) is 16.4. The molecule has 2 aromatic carbocycles. The largest absolute Gasteiger partial charge is 0.507 e. The number of aromatic nitrogens is 3. The standard InChI is InChI=1S/C27H22N4O5/c1-36-27(35)19-8-6-17(7-9-19)23-22(24(32)18-10-12-28-13-11-18)25(33)26(34)31(23)15-14-30-16-29-20-4-2-3-5-21(20)30/h2-13,16,23,32H,14-15H2,1H3/b24-22+. The third kappa shape index (κ3) is 4.00. The molecule has 9 nitrogen and oxygen atoms in total. The van der Waals surface area contributed by atoms with Gasteiger partial charge in [0.2, 0.25) is 0 Å². The smallest absolute Gasteiger partial charge is 0.337 e. The fourth-order valence-corrected chi connectivity index (χ4v) is 4.45. The van der Waals surface area contributed by atoms with Gasteiger partial charge in [-0.25, -0.2) is 9.78 Å². The average Bonchev–Trinajstić information content (AvgIpc) is 3.45. The number of hydrogen-bond donors (Lipinski definition) is 1. The van der Waals surface area contributed by atoms with Crippen molar-refractivity contribution in [1.29, 1.82) is 0 Å². The van der Waals surface area contributed by atoms with Crippen LogP contribution in [0, 0.1) is 0 Å². The second-order valence-electron chi connectivity index (χ2n) is 8.27. The summed E-state index contributed by atoms with van der Waals surface area (Å²) < 4.78 is 6.68. The van der Waals surface area contributed by atoms with Crippen LogP contribution in [0.3, 0.4) is 0 Å². The highest BCUT2D eigenvalue weighted by Crippen LogP contribution is 2.39. The van der Waals surface area contributed by atoms with E-state index in [0.717, 1.165) is 11.0 Å². The van der Waals surface area contributed by atoms with Gasteiger partial charge in [-0.1, -0.05) is 24.3 Å². The van der Waals surface area contributed by atoms with E-state index in [9.17, 15) is 19.5 Å². The lowest BCUT2D eigenvalue weighted by molar-refractivity contribution is -0.140. The SMILES string of the molecule is COC(=O)c1ccc(C2/C(=C(\O)c3ccncc3)C(=O)C(=O)N2CCn2cnc3ccccc32)cc1. The Morgan fingerprint density at radius 3 is 2.42 bits per heavy atom. The van der Waals surface area contributed by atoms with Crippen molar-refractivity contribution in [3.05, 3.63) is 102 Å². The number of ether oxygens (including phenoxy) is 1. The second-order valence-corrected chi connectivity index (χ2v) is 8.27. The lowest BCUT2D eigenvalue weighted by Crippen LogP contribution is -2.32. The summed E-state index contributed by atoms with van der Waals surface area (Å²) in [5.74, 6) is -2.27. The molecule has 1 amide bonds. The van der Waals surface area contributed by atoms with Crippen LogP contribution in [0.5, 0.6) is 0 Å². The van der Waals surface area contributed by atoms with Crippen molar-refractivity contribution in [3.63, 3.8) is 0 Å².